The second kappa shape index (κ2) is 35.1. The first-order chi connectivity index (χ1) is 24.6. The molecule has 2 unspecified atom stereocenters. The van der Waals surface area contributed by atoms with Crippen LogP contribution in [-0.2, 0) is 28.6 Å². The highest BCUT2D eigenvalue weighted by molar-refractivity contribution is 5.72. The van der Waals surface area contributed by atoms with Gasteiger partial charge >= 0.3 is 17.9 Å². The van der Waals surface area contributed by atoms with E-state index in [1.165, 1.54) is 109 Å². The van der Waals surface area contributed by atoms with E-state index in [1.54, 1.807) is 0 Å². The van der Waals surface area contributed by atoms with Gasteiger partial charge in [0.2, 0.25) is 0 Å². The largest absolute Gasteiger partial charge is 0.477 e. The van der Waals surface area contributed by atoms with E-state index in [1.807, 2.05) is 21.1 Å². The lowest BCUT2D eigenvalue weighted by Crippen LogP contribution is -2.50. The van der Waals surface area contributed by atoms with E-state index in [9.17, 15) is 19.5 Å². The number of esters is 2. The Bertz CT molecular complexity index is 854. The number of unbranched alkanes of at least 4 members (excludes halogenated alkanes) is 22. The van der Waals surface area contributed by atoms with Crippen molar-refractivity contribution in [1.82, 2.24) is 0 Å². The molecular weight excluding hydrogens is 642 g/mol. The quantitative estimate of drug-likeness (QED) is 0.0293. The average Bonchev–Trinajstić information content (AvgIpc) is 3.08. The van der Waals surface area contributed by atoms with Crippen molar-refractivity contribution in [2.24, 2.45) is 0 Å². The summed E-state index contributed by atoms with van der Waals surface area (Å²) in [6, 6.07) is -0.611. The van der Waals surface area contributed by atoms with Gasteiger partial charge in [0.1, 0.15) is 6.61 Å². The summed E-state index contributed by atoms with van der Waals surface area (Å²) >= 11 is 0. The molecule has 51 heavy (non-hydrogen) atoms. The molecule has 0 aliphatic carbocycles. The molecular formula is C43H82NO7+. The van der Waals surface area contributed by atoms with Crippen LogP contribution in [0, 0.1) is 0 Å². The molecule has 0 aliphatic rings. The summed E-state index contributed by atoms with van der Waals surface area (Å²) in [5.74, 6) is -1.47. The fourth-order valence-corrected chi connectivity index (χ4v) is 6.32. The van der Waals surface area contributed by atoms with Gasteiger partial charge in [0.15, 0.2) is 12.1 Å². The Balaban J connectivity index is 4.34. The molecule has 8 heteroatoms. The van der Waals surface area contributed by atoms with E-state index >= 15 is 0 Å². The zero-order valence-electron chi connectivity index (χ0n) is 34.1. The van der Waals surface area contributed by atoms with Crippen LogP contribution < -0.4 is 0 Å². The van der Waals surface area contributed by atoms with Crippen molar-refractivity contribution in [2.75, 3.05) is 41.0 Å². The van der Waals surface area contributed by atoms with Gasteiger partial charge in [-0.15, -0.1) is 0 Å². The Labute approximate surface area is 314 Å². The fourth-order valence-electron chi connectivity index (χ4n) is 6.32. The third-order valence-corrected chi connectivity index (χ3v) is 9.66. The SMILES string of the molecule is CCCCC/C=C\CCCCCCCC(=O)OC(COCCC(C(=O)O)[N+](C)(C)C)COC(=O)CCCCCCCCCCCCCCCCC. The predicted molar refractivity (Wildman–Crippen MR) is 211 cm³/mol. The van der Waals surface area contributed by atoms with Crippen molar-refractivity contribution in [3.8, 4) is 0 Å². The second-order valence-corrected chi connectivity index (χ2v) is 15.6. The van der Waals surface area contributed by atoms with Crippen LogP contribution >= 0.6 is 0 Å². The Morgan fingerprint density at radius 1 is 0.569 bits per heavy atom. The van der Waals surface area contributed by atoms with Crippen molar-refractivity contribution >= 4 is 17.9 Å². The highest BCUT2D eigenvalue weighted by atomic mass is 16.6. The number of rotatable bonds is 38. The first kappa shape index (κ1) is 49.1. The number of ether oxygens (including phenoxy) is 3. The summed E-state index contributed by atoms with van der Waals surface area (Å²) in [5.41, 5.74) is 0. The molecule has 0 saturated carbocycles. The highest BCUT2D eigenvalue weighted by Crippen LogP contribution is 2.15. The van der Waals surface area contributed by atoms with Gasteiger partial charge in [0.05, 0.1) is 34.4 Å². The summed E-state index contributed by atoms with van der Waals surface area (Å²) in [6.45, 7) is 4.72. The lowest BCUT2D eigenvalue weighted by Gasteiger charge is -2.31. The van der Waals surface area contributed by atoms with Crippen LogP contribution in [0.2, 0.25) is 0 Å². The molecule has 0 bridgehead atoms. The molecule has 0 radical (unpaired) electrons. The van der Waals surface area contributed by atoms with Gasteiger partial charge in [-0.3, -0.25) is 9.59 Å². The molecule has 0 rings (SSSR count). The first-order valence-corrected chi connectivity index (χ1v) is 21.2. The summed E-state index contributed by atoms with van der Waals surface area (Å²) in [4.78, 5) is 36.9. The molecule has 0 aromatic carbocycles. The van der Waals surface area contributed by atoms with Gasteiger partial charge < -0.3 is 23.8 Å². The second-order valence-electron chi connectivity index (χ2n) is 15.6. The third kappa shape index (κ3) is 33.6. The topological polar surface area (TPSA) is 99.1 Å². The van der Waals surface area contributed by atoms with Crippen LogP contribution in [0.4, 0.5) is 0 Å². The number of hydrogen-bond acceptors (Lipinski definition) is 6. The van der Waals surface area contributed by atoms with Crippen LogP contribution in [0.25, 0.3) is 0 Å². The highest BCUT2D eigenvalue weighted by Gasteiger charge is 2.31. The molecule has 0 saturated heterocycles. The lowest BCUT2D eigenvalue weighted by atomic mass is 10.0. The molecule has 0 aromatic rings. The molecule has 0 aliphatic heterocycles. The van der Waals surface area contributed by atoms with Gasteiger partial charge in [0.25, 0.3) is 0 Å². The zero-order chi connectivity index (χ0) is 37.8. The molecule has 0 spiro atoms. The Hall–Kier alpha value is -1.93. The van der Waals surface area contributed by atoms with E-state index in [-0.39, 0.29) is 36.2 Å². The molecule has 1 N–H and O–H groups in total. The maximum Gasteiger partial charge on any atom is 0.362 e. The molecule has 0 heterocycles. The number of carboxylic acids is 1. The molecule has 0 aromatic heterocycles. The van der Waals surface area contributed by atoms with Gasteiger partial charge in [0, 0.05) is 19.3 Å². The predicted octanol–water partition coefficient (Wildman–Crippen LogP) is 11.1. The number of allylic oxidation sites excluding steroid dienone is 2. The van der Waals surface area contributed by atoms with Gasteiger partial charge in [-0.25, -0.2) is 4.79 Å². The van der Waals surface area contributed by atoms with Crippen molar-refractivity contribution in [3.63, 3.8) is 0 Å². The van der Waals surface area contributed by atoms with Crippen LogP contribution in [-0.4, -0.2) is 80.6 Å². The van der Waals surface area contributed by atoms with Gasteiger partial charge in [-0.2, -0.15) is 0 Å². The minimum atomic E-state index is -0.874. The smallest absolute Gasteiger partial charge is 0.362 e. The van der Waals surface area contributed by atoms with Gasteiger partial charge in [-0.05, 0) is 38.5 Å². The summed E-state index contributed by atoms with van der Waals surface area (Å²) in [6.07, 6.45) is 35.3. The van der Waals surface area contributed by atoms with Crippen LogP contribution in [0.15, 0.2) is 12.2 Å². The molecule has 0 amide bonds. The molecule has 8 nitrogen and oxygen atoms in total. The number of carbonyl (C=O) groups is 3. The Morgan fingerprint density at radius 2 is 0.980 bits per heavy atom. The Kier molecular flexibility index (Phi) is 33.8. The number of carboxylic acid groups (broad SMARTS) is 1. The van der Waals surface area contributed by atoms with E-state index in [4.69, 9.17) is 14.2 Å². The number of nitrogens with zero attached hydrogens (tertiary/aromatic N) is 1. The zero-order valence-corrected chi connectivity index (χ0v) is 34.1. The summed E-state index contributed by atoms with van der Waals surface area (Å²) in [7, 11) is 5.52. The molecule has 2 atom stereocenters. The van der Waals surface area contributed by atoms with E-state index in [2.05, 4.69) is 26.0 Å². The van der Waals surface area contributed by atoms with E-state index in [0.29, 0.717) is 19.3 Å². The van der Waals surface area contributed by atoms with Crippen LogP contribution in [0.1, 0.15) is 194 Å². The average molecular weight is 725 g/mol. The van der Waals surface area contributed by atoms with Crippen LogP contribution in [0.5, 0.6) is 0 Å². The number of carbonyl (C=O) groups excluding carboxylic acids is 2. The van der Waals surface area contributed by atoms with Crippen molar-refractivity contribution in [2.45, 2.75) is 206 Å². The maximum absolute atomic E-state index is 12.7. The minimum absolute atomic E-state index is 0.0486. The number of hydrogen-bond donors (Lipinski definition) is 1. The van der Waals surface area contributed by atoms with Crippen LogP contribution in [0.3, 0.4) is 0 Å². The number of aliphatic carboxylic acids is 1. The lowest BCUT2D eigenvalue weighted by molar-refractivity contribution is -0.887. The van der Waals surface area contributed by atoms with Gasteiger partial charge in [-0.1, -0.05) is 148 Å². The van der Waals surface area contributed by atoms with Crippen molar-refractivity contribution < 1.29 is 38.2 Å². The Morgan fingerprint density at radius 3 is 1.45 bits per heavy atom. The maximum atomic E-state index is 12.7. The first-order valence-electron chi connectivity index (χ1n) is 21.2. The monoisotopic (exact) mass is 725 g/mol. The van der Waals surface area contributed by atoms with Crippen molar-refractivity contribution in [1.29, 1.82) is 0 Å². The molecule has 300 valence electrons. The minimum Gasteiger partial charge on any atom is -0.477 e. The summed E-state index contributed by atoms with van der Waals surface area (Å²) < 4.78 is 17.2. The normalized spacial score (nSPS) is 13.0. The fraction of sp³-hybridized carbons (Fsp3) is 0.884. The van der Waals surface area contributed by atoms with E-state index < -0.39 is 18.1 Å². The molecule has 0 fully saturated rings. The van der Waals surface area contributed by atoms with E-state index in [0.717, 1.165) is 51.4 Å². The number of quaternary nitrogens is 1. The standard InChI is InChI=1S/C43H81NO7/c1-6-8-10-12-14-16-18-20-21-22-24-25-27-29-31-33-41(45)50-38-39(37-49-36-35-40(43(47)48)44(3,4)5)51-42(46)34-32-30-28-26-23-19-17-15-13-11-9-7-2/h15,17,39-40H,6-14,16,18-38H2,1-5H3/p+1/b17-15-. The third-order valence-electron chi connectivity index (χ3n) is 9.66. The summed E-state index contributed by atoms with van der Waals surface area (Å²) in [5, 5.41) is 9.60. The van der Waals surface area contributed by atoms with Crippen molar-refractivity contribution in [3.05, 3.63) is 12.2 Å². The number of likely N-dealkylation sites (N-methyl/N-ethyl adjacent to an activating group) is 1.